The Labute approximate surface area is 177 Å². The summed E-state index contributed by atoms with van der Waals surface area (Å²) in [6.45, 7) is 0. The van der Waals surface area contributed by atoms with Gasteiger partial charge in [-0.15, -0.1) is 0 Å². The number of furan rings is 1. The number of nitrogens with one attached hydrogen (secondary N) is 1. The van der Waals surface area contributed by atoms with Crippen molar-refractivity contribution in [3.63, 3.8) is 0 Å². The lowest BCUT2D eigenvalue weighted by Crippen LogP contribution is -1.94. The topological polar surface area (TPSA) is 102 Å². The molecular weight excluding hydrogens is 458 g/mol. The van der Waals surface area contributed by atoms with E-state index >= 15 is 0 Å². The van der Waals surface area contributed by atoms with Crippen molar-refractivity contribution in [2.75, 3.05) is 0 Å². The molecule has 0 saturated carbocycles. The largest absolute Gasteiger partial charge is 0.455 e. The molecule has 1 N–H and O–H groups in total. The molecule has 0 atom stereocenters. The van der Waals surface area contributed by atoms with Crippen LogP contribution >= 0.6 is 28.1 Å². The van der Waals surface area contributed by atoms with Crippen LogP contribution in [0.4, 0.5) is 5.69 Å². The predicted molar refractivity (Wildman–Crippen MR) is 114 cm³/mol. The van der Waals surface area contributed by atoms with Gasteiger partial charge in [0.05, 0.1) is 11.1 Å². The van der Waals surface area contributed by atoms with Crippen molar-refractivity contribution in [1.29, 1.82) is 0 Å². The van der Waals surface area contributed by atoms with Gasteiger partial charge in [0.2, 0.25) is 4.77 Å². The third kappa shape index (κ3) is 4.08. The van der Waals surface area contributed by atoms with Crippen LogP contribution in [0.5, 0.6) is 0 Å². The van der Waals surface area contributed by atoms with Crippen LogP contribution in [0, 0.1) is 14.9 Å². The molecule has 0 spiro atoms. The monoisotopic (exact) mass is 469 g/mol. The lowest BCUT2D eigenvalue weighted by atomic mass is 10.1. The molecule has 0 saturated heterocycles. The van der Waals surface area contributed by atoms with Gasteiger partial charge in [0.25, 0.3) is 5.69 Å². The quantitative estimate of drug-likeness (QED) is 0.182. The first-order valence-electron chi connectivity index (χ1n) is 8.33. The Balaban J connectivity index is 1.62. The van der Waals surface area contributed by atoms with Crippen LogP contribution in [0.15, 0.2) is 74.7 Å². The van der Waals surface area contributed by atoms with Crippen molar-refractivity contribution in [2.45, 2.75) is 0 Å². The van der Waals surface area contributed by atoms with Gasteiger partial charge in [-0.1, -0.05) is 40.2 Å². The van der Waals surface area contributed by atoms with E-state index in [4.69, 9.17) is 16.6 Å². The van der Waals surface area contributed by atoms with E-state index < -0.39 is 4.92 Å². The molecule has 0 bridgehead atoms. The van der Waals surface area contributed by atoms with Crippen molar-refractivity contribution >= 4 is 40.0 Å². The summed E-state index contributed by atoms with van der Waals surface area (Å²) in [5.41, 5.74) is 1.45. The smallest absolute Gasteiger partial charge is 0.270 e. The summed E-state index contributed by atoms with van der Waals surface area (Å²) in [6, 6.07) is 17.3. The summed E-state index contributed by atoms with van der Waals surface area (Å²) >= 11 is 8.66. The van der Waals surface area contributed by atoms with Gasteiger partial charge in [-0.05, 0) is 36.5 Å². The first-order valence-corrected chi connectivity index (χ1v) is 9.54. The first-order chi connectivity index (χ1) is 14.0. The molecule has 4 rings (SSSR count). The SMILES string of the molecule is O=[N+]([O-])c1cccc(-c2ccc(/C=N/n3c(-c4ccc(Br)cc4)n[nH]c3=S)o2)c1. The molecule has 2 aromatic carbocycles. The number of halogens is 1. The molecule has 8 nitrogen and oxygen atoms in total. The Morgan fingerprint density at radius 3 is 2.72 bits per heavy atom. The van der Waals surface area contributed by atoms with Crippen LogP contribution in [0.25, 0.3) is 22.7 Å². The highest BCUT2D eigenvalue weighted by atomic mass is 79.9. The Bertz CT molecular complexity index is 1270. The average molecular weight is 470 g/mol. The van der Waals surface area contributed by atoms with Gasteiger partial charge in [0.15, 0.2) is 5.82 Å². The van der Waals surface area contributed by atoms with Gasteiger partial charge < -0.3 is 4.42 Å². The highest BCUT2D eigenvalue weighted by molar-refractivity contribution is 9.10. The number of nitro groups is 1. The zero-order valence-corrected chi connectivity index (χ0v) is 17.1. The number of hydrogen-bond acceptors (Lipinski definition) is 6. The number of hydrogen-bond donors (Lipinski definition) is 1. The number of benzene rings is 2. The van der Waals surface area contributed by atoms with Crippen molar-refractivity contribution < 1.29 is 9.34 Å². The Morgan fingerprint density at radius 2 is 1.97 bits per heavy atom. The summed E-state index contributed by atoms with van der Waals surface area (Å²) in [5.74, 6) is 1.53. The molecule has 29 heavy (non-hydrogen) atoms. The maximum Gasteiger partial charge on any atom is 0.270 e. The van der Waals surface area contributed by atoms with Crippen LogP contribution in [-0.2, 0) is 0 Å². The molecule has 4 aromatic rings. The molecular formula is C19H12BrN5O3S. The minimum atomic E-state index is -0.445. The number of aromatic nitrogens is 3. The van der Waals surface area contributed by atoms with Gasteiger partial charge in [0.1, 0.15) is 11.5 Å². The number of non-ortho nitro benzene ring substituents is 1. The second kappa shape index (κ2) is 7.94. The number of nitrogens with zero attached hydrogens (tertiary/aromatic N) is 4. The van der Waals surface area contributed by atoms with Crippen molar-refractivity contribution in [1.82, 2.24) is 14.9 Å². The summed E-state index contributed by atoms with van der Waals surface area (Å²) < 4.78 is 8.53. The third-order valence-electron chi connectivity index (χ3n) is 4.02. The maximum absolute atomic E-state index is 11.0. The van der Waals surface area contributed by atoms with E-state index in [1.165, 1.54) is 23.0 Å². The fraction of sp³-hybridized carbons (Fsp3) is 0. The lowest BCUT2D eigenvalue weighted by Gasteiger charge is -2.00. The summed E-state index contributed by atoms with van der Waals surface area (Å²) in [4.78, 5) is 10.5. The maximum atomic E-state index is 11.0. The minimum absolute atomic E-state index is 0.00189. The zero-order valence-electron chi connectivity index (χ0n) is 14.7. The van der Waals surface area contributed by atoms with E-state index in [0.717, 1.165) is 10.0 Å². The minimum Gasteiger partial charge on any atom is -0.455 e. The fourth-order valence-electron chi connectivity index (χ4n) is 2.65. The van der Waals surface area contributed by atoms with Crippen LogP contribution in [0.2, 0.25) is 0 Å². The van der Waals surface area contributed by atoms with Crippen LogP contribution < -0.4 is 0 Å². The van der Waals surface area contributed by atoms with Crippen molar-refractivity contribution in [2.24, 2.45) is 5.10 Å². The van der Waals surface area contributed by atoms with Gasteiger partial charge >= 0.3 is 0 Å². The second-order valence-electron chi connectivity index (χ2n) is 5.93. The van der Waals surface area contributed by atoms with Gasteiger partial charge in [-0.25, -0.2) is 5.10 Å². The molecule has 10 heteroatoms. The van der Waals surface area contributed by atoms with Gasteiger partial charge in [-0.3, -0.25) is 10.1 Å². The van der Waals surface area contributed by atoms with E-state index in [1.54, 1.807) is 24.3 Å². The molecule has 0 aliphatic heterocycles. The lowest BCUT2D eigenvalue weighted by molar-refractivity contribution is -0.384. The second-order valence-corrected chi connectivity index (χ2v) is 7.23. The molecule has 144 valence electrons. The number of H-pyrrole nitrogens is 1. The van der Waals surface area contributed by atoms with E-state index in [9.17, 15) is 10.1 Å². The van der Waals surface area contributed by atoms with Crippen LogP contribution in [0.1, 0.15) is 5.76 Å². The summed E-state index contributed by atoms with van der Waals surface area (Å²) in [5, 5.41) is 22.3. The third-order valence-corrected chi connectivity index (χ3v) is 4.81. The molecule has 0 amide bonds. The van der Waals surface area contributed by atoms with E-state index in [0.29, 0.717) is 27.7 Å². The number of aromatic amines is 1. The van der Waals surface area contributed by atoms with Crippen LogP contribution in [-0.4, -0.2) is 26.0 Å². The molecule has 0 aliphatic carbocycles. The van der Waals surface area contributed by atoms with E-state index in [-0.39, 0.29) is 5.69 Å². The Kier molecular flexibility index (Phi) is 5.19. The molecule has 0 radical (unpaired) electrons. The molecule has 2 heterocycles. The molecule has 0 unspecified atom stereocenters. The fourth-order valence-corrected chi connectivity index (χ4v) is 3.09. The summed E-state index contributed by atoms with van der Waals surface area (Å²) in [6.07, 6.45) is 1.51. The zero-order chi connectivity index (χ0) is 20.4. The number of nitro benzene ring substituents is 1. The van der Waals surface area contributed by atoms with Gasteiger partial charge in [-0.2, -0.15) is 14.9 Å². The van der Waals surface area contributed by atoms with E-state index in [1.807, 2.05) is 24.3 Å². The van der Waals surface area contributed by atoms with Crippen molar-refractivity contribution in [3.8, 4) is 22.7 Å². The van der Waals surface area contributed by atoms with Crippen LogP contribution in [0.3, 0.4) is 0 Å². The Morgan fingerprint density at radius 1 is 1.17 bits per heavy atom. The van der Waals surface area contributed by atoms with Crippen molar-refractivity contribution in [3.05, 3.63) is 85.8 Å². The Hall–Kier alpha value is -3.37. The molecule has 0 fully saturated rings. The standard InChI is InChI=1S/C19H12BrN5O3S/c20-14-6-4-12(5-7-14)18-22-23-19(29)24(18)21-11-16-8-9-17(28-16)13-2-1-3-15(10-13)25(26)27/h1-11H,(H,23,29)/b21-11+. The highest BCUT2D eigenvalue weighted by Gasteiger charge is 2.11. The molecule has 0 aliphatic rings. The number of rotatable bonds is 5. The average Bonchev–Trinajstić information content (AvgIpc) is 3.34. The normalized spacial score (nSPS) is 11.2. The summed E-state index contributed by atoms with van der Waals surface area (Å²) in [7, 11) is 0. The highest BCUT2D eigenvalue weighted by Crippen LogP contribution is 2.25. The van der Waals surface area contributed by atoms with Gasteiger partial charge in [0, 0.05) is 27.7 Å². The van der Waals surface area contributed by atoms with E-state index in [2.05, 4.69) is 31.2 Å². The predicted octanol–water partition coefficient (Wildman–Crippen LogP) is 5.42. The first kappa shape index (κ1) is 19.0. The molecule has 2 aromatic heterocycles.